The number of carbonyl (C=O) groups is 1. The van der Waals surface area contributed by atoms with Crippen LogP contribution in [0.5, 0.6) is 5.75 Å². The van der Waals surface area contributed by atoms with Gasteiger partial charge >= 0.3 is 5.69 Å². The van der Waals surface area contributed by atoms with E-state index < -0.39 is 15.8 Å². The molecule has 1 amide bonds. The van der Waals surface area contributed by atoms with Crippen molar-refractivity contribution in [3.05, 3.63) is 50.3 Å². The van der Waals surface area contributed by atoms with Crippen LogP contribution in [-0.2, 0) is 11.3 Å². The fourth-order valence-electron chi connectivity index (χ4n) is 2.00. The Morgan fingerprint density at radius 3 is 2.50 bits per heavy atom. The molecule has 1 heterocycles. The van der Waals surface area contributed by atoms with Crippen molar-refractivity contribution in [1.82, 2.24) is 9.78 Å². The van der Waals surface area contributed by atoms with E-state index in [1.165, 1.54) is 32.2 Å². The highest BCUT2D eigenvalue weighted by atomic mass is 16.6. The van der Waals surface area contributed by atoms with Crippen LogP contribution in [0.15, 0.2) is 24.4 Å². The van der Waals surface area contributed by atoms with Crippen LogP contribution in [0.2, 0.25) is 0 Å². The van der Waals surface area contributed by atoms with Crippen LogP contribution >= 0.6 is 0 Å². The van der Waals surface area contributed by atoms with Crippen LogP contribution < -0.4 is 10.1 Å². The molecule has 0 saturated heterocycles. The lowest BCUT2D eigenvalue weighted by Gasteiger charge is -2.07. The molecule has 1 N–H and O–H groups in total. The molecule has 0 saturated carbocycles. The number of hydrogen-bond donors (Lipinski definition) is 1. The highest BCUT2D eigenvalue weighted by molar-refractivity contribution is 5.93. The number of anilines is 1. The average Bonchev–Trinajstić information content (AvgIpc) is 2.87. The summed E-state index contributed by atoms with van der Waals surface area (Å²) in [6, 6.07) is 3.98. The number of benzene rings is 1. The van der Waals surface area contributed by atoms with E-state index >= 15 is 0 Å². The molecule has 11 heteroatoms. The van der Waals surface area contributed by atoms with Gasteiger partial charge in [-0.3, -0.25) is 29.7 Å². The molecular formula is C13H13N5O6. The van der Waals surface area contributed by atoms with Gasteiger partial charge in [0.15, 0.2) is 0 Å². The second kappa shape index (κ2) is 6.73. The summed E-state index contributed by atoms with van der Waals surface area (Å²) in [4.78, 5) is 32.6. The molecule has 0 radical (unpaired) electrons. The van der Waals surface area contributed by atoms with Crippen LogP contribution in [-0.4, -0.2) is 32.6 Å². The van der Waals surface area contributed by atoms with Crippen LogP contribution in [0.3, 0.4) is 0 Å². The summed E-state index contributed by atoms with van der Waals surface area (Å²) < 4.78 is 6.00. The fourth-order valence-corrected chi connectivity index (χ4v) is 2.00. The molecule has 126 valence electrons. The van der Waals surface area contributed by atoms with Gasteiger partial charge in [0.25, 0.3) is 5.69 Å². The summed E-state index contributed by atoms with van der Waals surface area (Å²) >= 11 is 0. The highest BCUT2D eigenvalue weighted by Crippen LogP contribution is 2.29. The van der Waals surface area contributed by atoms with Gasteiger partial charge in [0.1, 0.15) is 29.9 Å². The molecular weight excluding hydrogens is 322 g/mol. The van der Waals surface area contributed by atoms with Crippen molar-refractivity contribution < 1.29 is 19.4 Å². The SMILES string of the molecule is COc1ccc(NC(=O)Cn2cc([N+](=O)[O-])c(C)n2)c([N+](=O)[O-])c1. The van der Waals surface area contributed by atoms with Crippen molar-refractivity contribution in [2.75, 3.05) is 12.4 Å². The Hall–Kier alpha value is -3.50. The molecule has 24 heavy (non-hydrogen) atoms. The zero-order valence-electron chi connectivity index (χ0n) is 12.8. The molecule has 0 aliphatic heterocycles. The Kier molecular flexibility index (Phi) is 4.73. The first-order valence-electron chi connectivity index (χ1n) is 6.62. The first-order valence-corrected chi connectivity index (χ1v) is 6.62. The fraction of sp³-hybridized carbons (Fsp3) is 0.231. The van der Waals surface area contributed by atoms with Crippen molar-refractivity contribution in [1.29, 1.82) is 0 Å². The van der Waals surface area contributed by atoms with Gasteiger partial charge in [-0.2, -0.15) is 5.10 Å². The Balaban J connectivity index is 2.17. The minimum Gasteiger partial charge on any atom is -0.496 e. The molecule has 0 fully saturated rings. The zero-order valence-corrected chi connectivity index (χ0v) is 12.8. The summed E-state index contributed by atoms with van der Waals surface area (Å²) in [6.07, 6.45) is 1.12. The zero-order chi connectivity index (χ0) is 17.9. The lowest BCUT2D eigenvalue weighted by molar-refractivity contribution is -0.385. The van der Waals surface area contributed by atoms with Gasteiger partial charge in [-0.05, 0) is 19.1 Å². The second-order valence-electron chi connectivity index (χ2n) is 4.74. The molecule has 0 spiro atoms. The molecule has 11 nitrogen and oxygen atoms in total. The molecule has 0 aliphatic carbocycles. The summed E-state index contributed by atoms with van der Waals surface area (Å²) in [5, 5.41) is 28.1. The van der Waals surface area contributed by atoms with Crippen LogP contribution in [0.1, 0.15) is 5.69 Å². The maximum Gasteiger partial charge on any atom is 0.309 e. The van der Waals surface area contributed by atoms with E-state index in [0.29, 0.717) is 0 Å². The van der Waals surface area contributed by atoms with Gasteiger partial charge in [-0.1, -0.05) is 0 Å². The number of aromatic nitrogens is 2. The number of nitro benzene ring substituents is 1. The van der Waals surface area contributed by atoms with Crippen LogP contribution in [0.4, 0.5) is 17.1 Å². The first kappa shape index (κ1) is 16.9. The Labute approximate surface area is 135 Å². The summed E-state index contributed by atoms with van der Waals surface area (Å²) in [7, 11) is 1.37. The molecule has 0 aliphatic rings. The Bertz CT molecular complexity index is 815. The monoisotopic (exact) mass is 335 g/mol. The minimum atomic E-state index is -0.652. The maximum atomic E-state index is 12.0. The number of aryl methyl sites for hydroxylation is 1. The second-order valence-corrected chi connectivity index (χ2v) is 4.74. The average molecular weight is 335 g/mol. The third kappa shape index (κ3) is 3.63. The largest absolute Gasteiger partial charge is 0.496 e. The number of carbonyl (C=O) groups excluding carboxylic acids is 1. The number of amides is 1. The number of rotatable bonds is 6. The van der Waals surface area contributed by atoms with Crippen molar-refractivity contribution in [2.24, 2.45) is 0 Å². The smallest absolute Gasteiger partial charge is 0.309 e. The third-order valence-corrected chi connectivity index (χ3v) is 3.10. The summed E-state index contributed by atoms with van der Waals surface area (Å²) in [5.74, 6) is -0.335. The quantitative estimate of drug-likeness (QED) is 0.624. The normalized spacial score (nSPS) is 10.2. The van der Waals surface area contributed by atoms with Crippen LogP contribution in [0, 0.1) is 27.2 Å². The Morgan fingerprint density at radius 1 is 1.29 bits per heavy atom. The number of nitrogens with zero attached hydrogens (tertiary/aromatic N) is 4. The molecule has 1 aromatic heterocycles. The van der Waals surface area contributed by atoms with E-state index in [1.807, 2.05) is 0 Å². The minimum absolute atomic E-state index is 0.0100. The summed E-state index contributed by atoms with van der Waals surface area (Å²) in [5.41, 5.74) is -0.379. The van der Waals surface area contributed by atoms with Gasteiger partial charge in [-0.25, -0.2) is 0 Å². The maximum absolute atomic E-state index is 12.0. The van der Waals surface area contributed by atoms with Gasteiger partial charge in [0, 0.05) is 0 Å². The van der Waals surface area contributed by atoms with Crippen molar-refractivity contribution in [3.63, 3.8) is 0 Å². The van der Waals surface area contributed by atoms with E-state index in [4.69, 9.17) is 4.74 Å². The molecule has 0 unspecified atom stereocenters. The lowest BCUT2D eigenvalue weighted by atomic mass is 10.2. The topological polar surface area (TPSA) is 142 Å². The van der Waals surface area contributed by atoms with E-state index in [-0.39, 0.29) is 35.1 Å². The van der Waals surface area contributed by atoms with Gasteiger partial charge < -0.3 is 10.1 Å². The molecule has 2 aromatic rings. The number of nitrogens with one attached hydrogen (secondary N) is 1. The van der Waals surface area contributed by atoms with Gasteiger partial charge in [0.2, 0.25) is 5.91 Å². The third-order valence-electron chi connectivity index (χ3n) is 3.10. The van der Waals surface area contributed by atoms with Crippen molar-refractivity contribution in [3.8, 4) is 5.75 Å². The van der Waals surface area contributed by atoms with Crippen molar-refractivity contribution >= 4 is 23.0 Å². The molecule has 0 bridgehead atoms. The number of hydrogen-bond acceptors (Lipinski definition) is 7. The molecule has 2 rings (SSSR count). The van der Waals surface area contributed by atoms with Gasteiger partial charge in [-0.15, -0.1) is 0 Å². The first-order chi connectivity index (χ1) is 11.3. The predicted octanol–water partition coefficient (Wildman–Crippen LogP) is 1.66. The van der Waals surface area contributed by atoms with Crippen molar-refractivity contribution in [2.45, 2.75) is 13.5 Å². The predicted molar refractivity (Wildman–Crippen MR) is 81.9 cm³/mol. The summed E-state index contributed by atoms with van der Waals surface area (Å²) in [6.45, 7) is 1.12. The molecule has 1 aromatic carbocycles. The standard InChI is InChI=1S/C13H13N5O6/c1-8-12(18(22)23)6-16(15-8)7-13(19)14-10-4-3-9(24-2)5-11(10)17(20)21/h3-6H,7H2,1-2H3,(H,14,19). The van der Waals surface area contributed by atoms with E-state index in [0.717, 1.165) is 10.9 Å². The highest BCUT2D eigenvalue weighted by Gasteiger charge is 2.19. The number of methoxy groups -OCH3 is 1. The lowest BCUT2D eigenvalue weighted by Crippen LogP contribution is -2.19. The van der Waals surface area contributed by atoms with Gasteiger partial charge in [0.05, 0.1) is 23.0 Å². The number of ether oxygens (including phenoxy) is 1. The van der Waals surface area contributed by atoms with E-state index in [9.17, 15) is 25.0 Å². The van der Waals surface area contributed by atoms with Crippen LogP contribution in [0.25, 0.3) is 0 Å². The van der Waals surface area contributed by atoms with E-state index in [2.05, 4.69) is 10.4 Å². The molecule has 0 atom stereocenters. The Morgan fingerprint density at radius 2 is 1.96 bits per heavy atom. The van der Waals surface area contributed by atoms with E-state index in [1.54, 1.807) is 0 Å². The number of nitro groups is 2.